The lowest BCUT2D eigenvalue weighted by molar-refractivity contribution is -0.00311. The Hall–Kier alpha value is -1.94. The molecule has 1 saturated heterocycles. The molecule has 0 spiro atoms. The second-order valence-corrected chi connectivity index (χ2v) is 5.74. The van der Waals surface area contributed by atoms with Gasteiger partial charge in [0.05, 0.1) is 11.6 Å². The third kappa shape index (κ3) is 3.28. The van der Waals surface area contributed by atoms with Crippen LogP contribution in [0.1, 0.15) is 36.5 Å². The fourth-order valence-corrected chi connectivity index (χ4v) is 2.94. The number of rotatable bonds is 4. The number of nitrogens with zero attached hydrogens (tertiary/aromatic N) is 2. The van der Waals surface area contributed by atoms with Crippen LogP contribution in [0.4, 0.5) is 0 Å². The zero-order valence-corrected chi connectivity index (χ0v) is 13.0. The number of likely N-dealkylation sites (N-methyl/N-ethyl adjacent to an activating group) is 1. The maximum absolute atomic E-state index is 12.7. The Bertz CT molecular complexity index is 650. The van der Waals surface area contributed by atoms with Crippen LogP contribution >= 0.6 is 0 Å². The lowest BCUT2D eigenvalue weighted by Gasteiger charge is -2.29. The number of aromatic nitrogens is 1. The number of benzene rings is 1. The Morgan fingerprint density at radius 3 is 3.05 bits per heavy atom. The van der Waals surface area contributed by atoms with Gasteiger partial charge in [-0.1, -0.05) is 6.07 Å². The molecule has 0 saturated carbocycles. The van der Waals surface area contributed by atoms with Gasteiger partial charge in [-0.2, -0.15) is 0 Å². The molecule has 1 fully saturated rings. The van der Waals surface area contributed by atoms with Crippen LogP contribution in [0.2, 0.25) is 0 Å². The van der Waals surface area contributed by atoms with Crippen LogP contribution in [0.5, 0.6) is 0 Å². The summed E-state index contributed by atoms with van der Waals surface area (Å²) >= 11 is 0. The molecule has 1 aromatic heterocycles. The van der Waals surface area contributed by atoms with E-state index in [1.54, 1.807) is 6.20 Å². The van der Waals surface area contributed by atoms with Gasteiger partial charge in [0.1, 0.15) is 0 Å². The molecule has 0 bridgehead atoms. The normalized spacial score (nSPS) is 18.3. The summed E-state index contributed by atoms with van der Waals surface area (Å²) in [5.41, 5.74) is 1.64. The number of pyridine rings is 1. The summed E-state index contributed by atoms with van der Waals surface area (Å²) in [6.07, 6.45) is 5.32. The molecule has 1 amide bonds. The van der Waals surface area contributed by atoms with Crippen LogP contribution < -0.4 is 0 Å². The highest BCUT2D eigenvalue weighted by Crippen LogP contribution is 2.18. The quantitative estimate of drug-likeness (QED) is 0.870. The van der Waals surface area contributed by atoms with Crippen molar-refractivity contribution in [2.45, 2.75) is 32.3 Å². The van der Waals surface area contributed by atoms with Crippen LogP contribution in [-0.2, 0) is 4.74 Å². The Kier molecular flexibility index (Phi) is 4.68. The molecule has 4 nitrogen and oxygen atoms in total. The first kappa shape index (κ1) is 15.0. The highest BCUT2D eigenvalue weighted by molar-refractivity contribution is 5.97. The van der Waals surface area contributed by atoms with Crippen LogP contribution in [-0.4, -0.2) is 41.6 Å². The standard InChI is InChI=1S/C18H22N2O2/c1-2-20(13-16-7-3-4-11-22-16)18(21)15-8-9-17-14(12-15)6-5-10-19-17/h5-6,8-10,12,16H,2-4,7,11,13H2,1H3/t16-/m1/s1. The third-order valence-electron chi connectivity index (χ3n) is 4.22. The van der Waals surface area contributed by atoms with E-state index < -0.39 is 0 Å². The Labute approximate surface area is 131 Å². The van der Waals surface area contributed by atoms with Crippen molar-refractivity contribution >= 4 is 16.8 Å². The molecule has 0 aliphatic carbocycles. The maximum Gasteiger partial charge on any atom is 0.253 e. The first-order chi connectivity index (χ1) is 10.8. The second kappa shape index (κ2) is 6.88. The van der Waals surface area contributed by atoms with E-state index in [-0.39, 0.29) is 12.0 Å². The summed E-state index contributed by atoms with van der Waals surface area (Å²) in [7, 11) is 0. The molecule has 0 radical (unpaired) electrons. The smallest absolute Gasteiger partial charge is 0.253 e. The molecule has 1 aliphatic heterocycles. The maximum atomic E-state index is 12.7. The van der Waals surface area contributed by atoms with Crippen LogP contribution in [0.25, 0.3) is 10.9 Å². The predicted octanol–water partition coefficient (Wildman–Crippen LogP) is 3.27. The average Bonchev–Trinajstić information content (AvgIpc) is 2.59. The molecule has 1 atom stereocenters. The number of ether oxygens (including phenoxy) is 1. The molecule has 2 heterocycles. The topological polar surface area (TPSA) is 42.4 Å². The van der Waals surface area contributed by atoms with E-state index in [1.807, 2.05) is 42.2 Å². The van der Waals surface area contributed by atoms with Crippen molar-refractivity contribution in [3.8, 4) is 0 Å². The highest BCUT2D eigenvalue weighted by Gasteiger charge is 2.21. The van der Waals surface area contributed by atoms with Gasteiger partial charge in [0.15, 0.2) is 0 Å². The zero-order valence-electron chi connectivity index (χ0n) is 13.0. The van der Waals surface area contributed by atoms with Crippen molar-refractivity contribution in [3.63, 3.8) is 0 Å². The van der Waals surface area contributed by atoms with Crippen LogP contribution in [0.15, 0.2) is 36.5 Å². The van der Waals surface area contributed by atoms with Crippen molar-refractivity contribution in [3.05, 3.63) is 42.1 Å². The van der Waals surface area contributed by atoms with Crippen molar-refractivity contribution < 1.29 is 9.53 Å². The van der Waals surface area contributed by atoms with E-state index in [1.165, 1.54) is 6.42 Å². The Morgan fingerprint density at radius 2 is 2.27 bits per heavy atom. The molecule has 22 heavy (non-hydrogen) atoms. The van der Waals surface area contributed by atoms with Gasteiger partial charge in [-0.05, 0) is 50.5 Å². The molecule has 116 valence electrons. The summed E-state index contributed by atoms with van der Waals surface area (Å²) in [5, 5.41) is 0.998. The fourth-order valence-electron chi connectivity index (χ4n) is 2.94. The van der Waals surface area contributed by atoms with E-state index in [0.717, 1.165) is 35.9 Å². The highest BCUT2D eigenvalue weighted by atomic mass is 16.5. The molecule has 1 aromatic carbocycles. The minimum absolute atomic E-state index is 0.0717. The lowest BCUT2D eigenvalue weighted by Crippen LogP contribution is -2.39. The molecule has 1 aliphatic rings. The molecular formula is C18H22N2O2. The molecule has 0 N–H and O–H groups in total. The van der Waals surface area contributed by atoms with Gasteiger partial charge in [0.25, 0.3) is 5.91 Å². The predicted molar refractivity (Wildman–Crippen MR) is 86.9 cm³/mol. The summed E-state index contributed by atoms with van der Waals surface area (Å²) in [6, 6.07) is 9.58. The summed E-state index contributed by atoms with van der Waals surface area (Å²) in [6.45, 7) is 4.21. The zero-order chi connectivity index (χ0) is 15.4. The second-order valence-electron chi connectivity index (χ2n) is 5.74. The molecular weight excluding hydrogens is 276 g/mol. The molecule has 0 unspecified atom stereocenters. The van der Waals surface area contributed by atoms with E-state index in [9.17, 15) is 4.79 Å². The van der Waals surface area contributed by atoms with Gasteiger partial charge in [-0.15, -0.1) is 0 Å². The van der Waals surface area contributed by atoms with E-state index in [0.29, 0.717) is 13.1 Å². The number of hydrogen-bond acceptors (Lipinski definition) is 3. The number of fused-ring (bicyclic) bond motifs is 1. The minimum Gasteiger partial charge on any atom is -0.376 e. The summed E-state index contributed by atoms with van der Waals surface area (Å²) in [4.78, 5) is 18.9. The van der Waals surface area contributed by atoms with E-state index >= 15 is 0 Å². The number of carbonyl (C=O) groups excluding carboxylic acids is 1. The van der Waals surface area contributed by atoms with E-state index in [4.69, 9.17) is 4.74 Å². The number of carbonyl (C=O) groups is 1. The SMILES string of the molecule is CCN(C[C@H]1CCCCO1)C(=O)c1ccc2ncccc2c1. The van der Waals surface area contributed by atoms with Gasteiger partial charge < -0.3 is 9.64 Å². The van der Waals surface area contributed by atoms with Crippen molar-refractivity contribution in [1.29, 1.82) is 0 Å². The van der Waals surface area contributed by atoms with Gasteiger partial charge >= 0.3 is 0 Å². The number of hydrogen-bond donors (Lipinski definition) is 0. The summed E-state index contributed by atoms with van der Waals surface area (Å²) in [5.74, 6) is 0.0717. The first-order valence-corrected chi connectivity index (χ1v) is 8.03. The molecule has 2 aromatic rings. The Balaban J connectivity index is 1.76. The van der Waals surface area contributed by atoms with Gasteiger partial charge in [0.2, 0.25) is 0 Å². The van der Waals surface area contributed by atoms with Crippen molar-refractivity contribution in [2.75, 3.05) is 19.7 Å². The van der Waals surface area contributed by atoms with Gasteiger partial charge in [-0.25, -0.2) is 0 Å². The number of amides is 1. The first-order valence-electron chi connectivity index (χ1n) is 8.03. The molecule has 3 rings (SSSR count). The van der Waals surface area contributed by atoms with Crippen molar-refractivity contribution in [1.82, 2.24) is 9.88 Å². The van der Waals surface area contributed by atoms with Gasteiger partial charge in [0, 0.05) is 36.8 Å². The van der Waals surface area contributed by atoms with Gasteiger partial charge in [-0.3, -0.25) is 9.78 Å². The largest absolute Gasteiger partial charge is 0.376 e. The minimum atomic E-state index is 0.0717. The Morgan fingerprint density at radius 1 is 1.36 bits per heavy atom. The van der Waals surface area contributed by atoms with Crippen LogP contribution in [0, 0.1) is 0 Å². The monoisotopic (exact) mass is 298 g/mol. The third-order valence-corrected chi connectivity index (χ3v) is 4.22. The lowest BCUT2D eigenvalue weighted by atomic mass is 10.1. The summed E-state index contributed by atoms with van der Waals surface area (Å²) < 4.78 is 5.76. The fraction of sp³-hybridized carbons (Fsp3) is 0.444. The van der Waals surface area contributed by atoms with Crippen LogP contribution in [0.3, 0.4) is 0 Å². The molecule has 4 heteroatoms. The average molecular weight is 298 g/mol. The van der Waals surface area contributed by atoms with E-state index in [2.05, 4.69) is 4.98 Å². The van der Waals surface area contributed by atoms with Crippen molar-refractivity contribution in [2.24, 2.45) is 0 Å².